The van der Waals surface area contributed by atoms with Crippen molar-refractivity contribution in [3.05, 3.63) is 65.7 Å². The van der Waals surface area contributed by atoms with Crippen LogP contribution in [0.25, 0.3) is 6.08 Å². The maximum absolute atomic E-state index is 12.4. The van der Waals surface area contributed by atoms with Crippen LogP contribution in [-0.4, -0.2) is 39.1 Å². The quantitative estimate of drug-likeness (QED) is 0.313. The molecule has 2 aromatic rings. The van der Waals surface area contributed by atoms with Gasteiger partial charge in [0.25, 0.3) is 5.91 Å². The lowest BCUT2D eigenvalue weighted by atomic mass is 10.1. The maximum Gasteiger partial charge on any atom is 0.349 e. The zero-order chi connectivity index (χ0) is 21.2. The summed E-state index contributed by atoms with van der Waals surface area (Å²) in [6.07, 6.45) is 1.40. The highest BCUT2D eigenvalue weighted by molar-refractivity contribution is 6.00. The summed E-state index contributed by atoms with van der Waals surface area (Å²) >= 11 is 0. The summed E-state index contributed by atoms with van der Waals surface area (Å²) < 4.78 is 5.00. The second kappa shape index (κ2) is 10.3. The normalized spacial score (nSPS) is 10.4. The molecule has 1 amide bonds. The van der Waals surface area contributed by atoms with Crippen molar-refractivity contribution in [1.82, 2.24) is 0 Å². The molecule has 0 spiro atoms. The molecule has 0 N–H and O–H groups in total. The fourth-order valence-corrected chi connectivity index (χ4v) is 2.46. The molecule has 0 aromatic heterocycles. The van der Waals surface area contributed by atoms with E-state index in [1.54, 1.807) is 48.5 Å². The first-order valence-corrected chi connectivity index (χ1v) is 8.75. The number of amides is 1. The average molecular weight is 388 g/mol. The molecule has 0 saturated carbocycles. The van der Waals surface area contributed by atoms with Crippen LogP contribution < -0.4 is 9.80 Å². The zero-order valence-electron chi connectivity index (χ0n) is 16.2. The Labute approximate surface area is 169 Å². The molecule has 29 heavy (non-hydrogen) atoms. The summed E-state index contributed by atoms with van der Waals surface area (Å²) in [5.74, 6) is -1.46. The van der Waals surface area contributed by atoms with Gasteiger partial charge < -0.3 is 9.64 Å². The average Bonchev–Trinajstić information content (AvgIpc) is 2.74. The Morgan fingerprint density at radius 1 is 1.00 bits per heavy atom. The first kappa shape index (κ1) is 21.2. The van der Waals surface area contributed by atoms with Crippen LogP contribution in [0.15, 0.2) is 60.2 Å². The van der Waals surface area contributed by atoms with E-state index in [0.29, 0.717) is 11.3 Å². The monoisotopic (exact) mass is 388 g/mol. The van der Waals surface area contributed by atoms with Crippen LogP contribution in [0.3, 0.4) is 0 Å². The van der Waals surface area contributed by atoms with Crippen LogP contribution >= 0.6 is 0 Å². The summed E-state index contributed by atoms with van der Waals surface area (Å²) in [6.45, 7) is -0.756. The lowest BCUT2D eigenvalue weighted by Gasteiger charge is -2.19. The van der Waals surface area contributed by atoms with Gasteiger partial charge in [-0.2, -0.15) is 10.5 Å². The van der Waals surface area contributed by atoms with Gasteiger partial charge in [-0.15, -0.1) is 0 Å². The van der Waals surface area contributed by atoms with Gasteiger partial charge in [-0.05, 0) is 35.9 Å². The van der Waals surface area contributed by atoms with Crippen molar-refractivity contribution in [2.24, 2.45) is 0 Å². The Hall–Kier alpha value is -4.10. The number of nitriles is 2. The number of hydrogen-bond acceptors (Lipinski definition) is 6. The third-order valence-corrected chi connectivity index (χ3v) is 3.99. The number of para-hydroxylation sites is 1. The minimum Gasteiger partial charge on any atom is -0.451 e. The molecular weight excluding hydrogens is 368 g/mol. The predicted octanol–water partition coefficient (Wildman–Crippen LogP) is 2.76. The van der Waals surface area contributed by atoms with E-state index in [-0.39, 0.29) is 12.1 Å². The minimum atomic E-state index is -0.900. The van der Waals surface area contributed by atoms with Crippen LogP contribution in [0.1, 0.15) is 5.56 Å². The number of anilines is 2. The van der Waals surface area contributed by atoms with Crippen molar-refractivity contribution < 1.29 is 14.3 Å². The van der Waals surface area contributed by atoms with Gasteiger partial charge >= 0.3 is 5.97 Å². The number of hydrogen-bond donors (Lipinski definition) is 0. The number of esters is 1. The Bertz CT molecular complexity index is 968. The maximum atomic E-state index is 12.4. The molecule has 2 aromatic carbocycles. The molecule has 0 saturated heterocycles. The molecular formula is C22H20N4O3. The van der Waals surface area contributed by atoms with Crippen molar-refractivity contribution in [1.29, 1.82) is 10.5 Å². The van der Waals surface area contributed by atoms with Crippen LogP contribution in [0.4, 0.5) is 11.4 Å². The van der Waals surface area contributed by atoms with E-state index in [2.05, 4.69) is 0 Å². The van der Waals surface area contributed by atoms with Gasteiger partial charge in [0.2, 0.25) is 0 Å². The number of nitrogens with zero attached hydrogens (tertiary/aromatic N) is 4. The summed E-state index contributed by atoms with van der Waals surface area (Å²) in [7, 11) is 3.82. The van der Waals surface area contributed by atoms with E-state index in [1.807, 2.05) is 37.2 Å². The van der Waals surface area contributed by atoms with E-state index >= 15 is 0 Å². The summed E-state index contributed by atoms with van der Waals surface area (Å²) in [5, 5.41) is 18.2. The number of rotatable bonds is 7. The lowest BCUT2D eigenvalue weighted by molar-refractivity contribution is -0.143. The van der Waals surface area contributed by atoms with Crippen molar-refractivity contribution in [3.8, 4) is 12.1 Å². The number of carbonyl (C=O) groups excluding carboxylic acids is 2. The number of carbonyl (C=O) groups is 2. The van der Waals surface area contributed by atoms with Crippen molar-refractivity contribution in [2.45, 2.75) is 0 Å². The second-order valence-electron chi connectivity index (χ2n) is 6.21. The van der Waals surface area contributed by atoms with Crippen LogP contribution in [0, 0.1) is 22.7 Å². The Morgan fingerprint density at radius 2 is 1.66 bits per heavy atom. The van der Waals surface area contributed by atoms with Crippen LogP contribution in [0.2, 0.25) is 0 Å². The molecule has 0 atom stereocenters. The van der Waals surface area contributed by atoms with Gasteiger partial charge in [0.05, 0.1) is 6.07 Å². The largest absolute Gasteiger partial charge is 0.451 e. The van der Waals surface area contributed by atoms with Crippen molar-refractivity contribution >= 4 is 29.3 Å². The van der Waals surface area contributed by atoms with E-state index in [1.165, 1.54) is 11.0 Å². The van der Waals surface area contributed by atoms with E-state index < -0.39 is 18.5 Å². The number of ether oxygens (including phenoxy) is 1. The molecule has 146 valence electrons. The minimum absolute atomic E-state index is 0.181. The van der Waals surface area contributed by atoms with E-state index in [4.69, 9.17) is 10.00 Å². The Kier molecular flexibility index (Phi) is 7.52. The molecule has 7 nitrogen and oxygen atoms in total. The fraction of sp³-hybridized carbons (Fsp3) is 0.182. The van der Waals surface area contributed by atoms with Crippen molar-refractivity contribution in [2.75, 3.05) is 37.0 Å². The molecule has 0 radical (unpaired) electrons. The standard InChI is InChI=1S/C22H20N4O3/c1-25(2)19-10-8-17(9-11-19)14-18(15-24)22(28)29-16-21(27)26(13-12-23)20-6-4-3-5-7-20/h3-11,14H,13,16H2,1-2H3/b18-14+. The van der Waals surface area contributed by atoms with Gasteiger partial charge in [-0.1, -0.05) is 30.3 Å². The smallest absolute Gasteiger partial charge is 0.349 e. The van der Waals surface area contributed by atoms with Gasteiger partial charge in [0, 0.05) is 25.5 Å². The third kappa shape index (κ3) is 5.95. The molecule has 0 heterocycles. The highest BCUT2D eigenvalue weighted by Crippen LogP contribution is 2.16. The molecule has 0 aliphatic heterocycles. The highest BCUT2D eigenvalue weighted by atomic mass is 16.5. The summed E-state index contributed by atoms with van der Waals surface area (Å²) in [4.78, 5) is 27.8. The Morgan fingerprint density at radius 3 is 2.21 bits per heavy atom. The predicted molar refractivity (Wildman–Crippen MR) is 110 cm³/mol. The van der Waals surface area contributed by atoms with Crippen molar-refractivity contribution in [3.63, 3.8) is 0 Å². The van der Waals surface area contributed by atoms with E-state index in [0.717, 1.165) is 5.69 Å². The van der Waals surface area contributed by atoms with Crippen LogP contribution in [-0.2, 0) is 14.3 Å². The zero-order valence-corrected chi connectivity index (χ0v) is 16.2. The molecule has 0 aliphatic carbocycles. The Balaban J connectivity index is 2.06. The molecule has 0 unspecified atom stereocenters. The number of benzene rings is 2. The highest BCUT2D eigenvalue weighted by Gasteiger charge is 2.19. The summed E-state index contributed by atoms with van der Waals surface area (Å²) in [5.41, 5.74) is 1.94. The molecule has 2 rings (SSSR count). The first-order chi connectivity index (χ1) is 14.0. The van der Waals surface area contributed by atoms with Gasteiger partial charge in [-0.3, -0.25) is 9.69 Å². The first-order valence-electron chi connectivity index (χ1n) is 8.75. The van der Waals surface area contributed by atoms with E-state index in [9.17, 15) is 14.9 Å². The topological polar surface area (TPSA) is 97.4 Å². The second-order valence-corrected chi connectivity index (χ2v) is 6.21. The third-order valence-electron chi connectivity index (χ3n) is 3.99. The lowest BCUT2D eigenvalue weighted by Crippen LogP contribution is -2.35. The molecule has 7 heteroatoms. The molecule has 0 fully saturated rings. The summed E-state index contributed by atoms with van der Waals surface area (Å²) in [6, 6.07) is 19.6. The SMILES string of the molecule is CN(C)c1ccc(/C=C(\C#N)C(=O)OCC(=O)N(CC#N)c2ccccc2)cc1. The molecule has 0 aliphatic rings. The van der Waals surface area contributed by atoms with Gasteiger partial charge in [0.1, 0.15) is 18.2 Å². The van der Waals surface area contributed by atoms with Gasteiger partial charge in [-0.25, -0.2) is 4.79 Å². The van der Waals surface area contributed by atoms with Crippen LogP contribution in [0.5, 0.6) is 0 Å². The van der Waals surface area contributed by atoms with Gasteiger partial charge in [0.15, 0.2) is 6.61 Å². The fourth-order valence-electron chi connectivity index (χ4n) is 2.46. The molecule has 0 bridgehead atoms.